The lowest BCUT2D eigenvalue weighted by atomic mass is 10.0. The molecule has 152 valence electrons. The van der Waals surface area contributed by atoms with Gasteiger partial charge in [0.25, 0.3) is 0 Å². The fourth-order valence-corrected chi connectivity index (χ4v) is 5.18. The predicted molar refractivity (Wildman–Crippen MR) is 113 cm³/mol. The average molecular weight is 471 g/mol. The molecule has 8 heteroatoms. The first-order chi connectivity index (χ1) is 13.4. The summed E-state index contributed by atoms with van der Waals surface area (Å²) in [7, 11) is -1.26. The number of amides is 1. The molecule has 1 fully saturated rings. The van der Waals surface area contributed by atoms with Gasteiger partial charge >= 0.3 is 6.09 Å². The van der Waals surface area contributed by atoms with Crippen LogP contribution in [0.2, 0.25) is 0 Å². The van der Waals surface area contributed by atoms with E-state index in [0.29, 0.717) is 25.9 Å². The summed E-state index contributed by atoms with van der Waals surface area (Å²) in [4.78, 5) is 14.9. The van der Waals surface area contributed by atoms with Crippen molar-refractivity contribution in [2.75, 3.05) is 24.7 Å². The molecule has 28 heavy (non-hydrogen) atoms. The van der Waals surface area contributed by atoms with E-state index in [0.717, 1.165) is 26.2 Å². The highest BCUT2D eigenvalue weighted by Gasteiger charge is 2.35. The molecule has 2 heterocycles. The van der Waals surface area contributed by atoms with Gasteiger partial charge in [-0.25, -0.2) is 17.7 Å². The van der Waals surface area contributed by atoms with Crippen LogP contribution in [-0.2, 0) is 22.3 Å². The largest absolute Gasteiger partial charge is 0.444 e. The van der Waals surface area contributed by atoms with Gasteiger partial charge in [0.2, 0.25) is 0 Å². The summed E-state index contributed by atoms with van der Waals surface area (Å²) in [5.41, 5.74) is 2.69. The molecule has 0 bridgehead atoms. The zero-order chi connectivity index (χ0) is 20.3. The van der Waals surface area contributed by atoms with Crippen molar-refractivity contribution in [2.45, 2.75) is 39.3 Å². The number of allylic oxidation sites excluding steroid dienone is 4. The Morgan fingerprint density at radius 2 is 2.07 bits per heavy atom. The highest BCUT2D eigenvalue weighted by atomic mass is 79.9. The number of carbonyl (C=O) groups excluding carboxylic acids is 1. The number of rotatable bonds is 5. The van der Waals surface area contributed by atoms with Crippen LogP contribution in [0.3, 0.4) is 0 Å². The first kappa shape index (κ1) is 21.2. The number of halogens is 2. The third-order valence-electron chi connectivity index (χ3n) is 5.15. The molecular formula is C20H24BrFN2O3S. The molecule has 2 aliphatic rings. The number of fused-ring (bicyclic) bond motifs is 1. The number of benzene rings is 1. The number of piperidine rings is 1. The molecule has 1 saturated heterocycles. The number of ether oxygens (including phenoxy) is 1. The second kappa shape index (κ2) is 9.33. The van der Waals surface area contributed by atoms with Gasteiger partial charge in [0.05, 0.1) is 5.69 Å². The molecule has 1 unspecified atom stereocenters. The lowest BCUT2D eigenvalue weighted by Crippen LogP contribution is -2.49. The van der Waals surface area contributed by atoms with Crippen molar-refractivity contribution >= 4 is 38.7 Å². The van der Waals surface area contributed by atoms with Gasteiger partial charge in [0.1, 0.15) is 24.3 Å². The van der Waals surface area contributed by atoms with Gasteiger partial charge in [-0.2, -0.15) is 0 Å². The van der Waals surface area contributed by atoms with Crippen molar-refractivity contribution in [3.63, 3.8) is 0 Å². The molecule has 1 amide bonds. The van der Waals surface area contributed by atoms with Crippen molar-refractivity contribution in [1.82, 2.24) is 4.31 Å². The quantitative estimate of drug-likeness (QED) is 0.577. The first-order valence-corrected chi connectivity index (χ1v) is 11.1. The monoisotopic (exact) mass is 470 g/mol. The van der Waals surface area contributed by atoms with Gasteiger partial charge in [-0.3, -0.25) is 4.90 Å². The van der Waals surface area contributed by atoms with Crippen LogP contribution in [0.4, 0.5) is 14.9 Å². The van der Waals surface area contributed by atoms with Crippen LogP contribution in [0, 0.1) is 0 Å². The SMILES string of the molecule is CC(/C=C\CF)=C(/C)S(=O)N1CCC(N2C(=O)OCc3cc(Br)ccc32)CC1. The maximum Gasteiger partial charge on any atom is 0.414 e. The van der Waals surface area contributed by atoms with Gasteiger partial charge in [-0.1, -0.05) is 28.1 Å². The molecule has 0 radical (unpaired) electrons. The summed E-state index contributed by atoms with van der Waals surface area (Å²) < 4.78 is 33.4. The summed E-state index contributed by atoms with van der Waals surface area (Å²) >= 11 is 3.46. The summed E-state index contributed by atoms with van der Waals surface area (Å²) in [6.07, 6.45) is 4.18. The second-order valence-electron chi connectivity index (χ2n) is 6.90. The predicted octanol–water partition coefficient (Wildman–Crippen LogP) is 4.85. The smallest absolute Gasteiger partial charge is 0.414 e. The van der Waals surface area contributed by atoms with Crippen LogP contribution in [-0.4, -0.2) is 40.4 Å². The lowest BCUT2D eigenvalue weighted by molar-refractivity contribution is 0.136. The zero-order valence-corrected chi connectivity index (χ0v) is 18.4. The van der Waals surface area contributed by atoms with E-state index >= 15 is 0 Å². The Morgan fingerprint density at radius 1 is 1.36 bits per heavy atom. The number of anilines is 1. The minimum Gasteiger partial charge on any atom is -0.444 e. The van der Waals surface area contributed by atoms with Crippen LogP contribution >= 0.6 is 15.9 Å². The minimum absolute atomic E-state index is 0.0118. The number of carbonyl (C=O) groups is 1. The highest BCUT2D eigenvalue weighted by molar-refractivity contribution is 9.10. The van der Waals surface area contributed by atoms with Gasteiger partial charge in [0, 0.05) is 34.1 Å². The molecule has 0 N–H and O–H groups in total. The van der Waals surface area contributed by atoms with Gasteiger partial charge in [-0.15, -0.1) is 0 Å². The van der Waals surface area contributed by atoms with Crippen molar-refractivity contribution in [3.05, 3.63) is 50.9 Å². The fraction of sp³-hybridized carbons (Fsp3) is 0.450. The van der Waals surface area contributed by atoms with Crippen LogP contribution < -0.4 is 4.90 Å². The second-order valence-corrected chi connectivity index (χ2v) is 9.45. The standard InChI is InChI=1S/C20H24BrFN2O3S/c1-14(4-3-9-22)15(2)28(26)23-10-7-18(8-11-23)24-19-6-5-17(21)12-16(19)13-27-20(24)25/h3-6,12,18H,7-11,13H2,1-2H3/b4-3-,15-14+. The molecule has 1 aromatic rings. The molecule has 0 aromatic heterocycles. The maximum absolute atomic E-state index is 12.8. The Bertz CT molecular complexity index is 835. The number of alkyl halides is 1. The lowest BCUT2D eigenvalue weighted by Gasteiger charge is -2.39. The molecule has 2 aliphatic heterocycles. The van der Waals surface area contributed by atoms with Gasteiger partial charge < -0.3 is 4.74 Å². The van der Waals surface area contributed by atoms with E-state index in [-0.39, 0.29) is 18.7 Å². The number of cyclic esters (lactones) is 1. The van der Waals surface area contributed by atoms with Crippen molar-refractivity contribution < 1.29 is 18.1 Å². The third-order valence-corrected chi connectivity index (χ3v) is 7.32. The fourth-order valence-electron chi connectivity index (χ4n) is 3.49. The summed E-state index contributed by atoms with van der Waals surface area (Å²) in [6.45, 7) is 4.63. The molecule has 0 spiro atoms. The van der Waals surface area contributed by atoms with Crippen LogP contribution in [0.15, 0.2) is 45.3 Å². The first-order valence-electron chi connectivity index (χ1n) is 9.23. The third kappa shape index (κ3) is 4.55. The minimum atomic E-state index is -1.26. The van der Waals surface area contributed by atoms with Crippen molar-refractivity contribution in [2.24, 2.45) is 0 Å². The Balaban J connectivity index is 1.70. The molecule has 1 atom stereocenters. The van der Waals surface area contributed by atoms with E-state index in [9.17, 15) is 13.4 Å². The molecular weight excluding hydrogens is 447 g/mol. The Kier molecular flexibility index (Phi) is 7.06. The average Bonchev–Trinajstić information content (AvgIpc) is 2.71. The Labute approximate surface area is 175 Å². The summed E-state index contributed by atoms with van der Waals surface area (Å²) in [6, 6.07) is 5.85. The van der Waals surface area contributed by atoms with Crippen LogP contribution in [0.1, 0.15) is 32.3 Å². The molecule has 3 rings (SSSR count). The van der Waals surface area contributed by atoms with Crippen LogP contribution in [0.25, 0.3) is 0 Å². The normalized spacial score (nSPS) is 20.7. The summed E-state index contributed by atoms with van der Waals surface area (Å²) in [5, 5.41) is 0. The topological polar surface area (TPSA) is 49.9 Å². The van der Waals surface area contributed by atoms with E-state index < -0.39 is 17.7 Å². The number of nitrogens with zero attached hydrogens (tertiary/aromatic N) is 2. The molecule has 1 aromatic carbocycles. The van der Waals surface area contributed by atoms with Gasteiger partial charge in [-0.05, 0) is 50.5 Å². The zero-order valence-electron chi connectivity index (χ0n) is 16.0. The van der Waals surface area contributed by atoms with E-state index in [1.165, 1.54) is 6.08 Å². The van der Waals surface area contributed by atoms with Gasteiger partial charge in [0.15, 0.2) is 0 Å². The molecule has 5 nitrogen and oxygen atoms in total. The summed E-state index contributed by atoms with van der Waals surface area (Å²) in [5.74, 6) is 0. The van der Waals surface area contributed by atoms with E-state index in [4.69, 9.17) is 4.74 Å². The van der Waals surface area contributed by atoms with Crippen molar-refractivity contribution in [1.29, 1.82) is 0 Å². The number of hydrogen-bond acceptors (Lipinski definition) is 3. The van der Waals surface area contributed by atoms with E-state index in [1.807, 2.05) is 36.4 Å². The van der Waals surface area contributed by atoms with E-state index in [1.54, 1.807) is 11.0 Å². The highest BCUT2D eigenvalue weighted by Crippen LogP contribution is 2.34. The Hall–Kier alpha value is -1.51. The maximum atomic E-state index is 12.8. The molecule has 0 aliphatic carbocycles. The van der Waals surface area contributed by atoms with Crippen LogP contribution in [0.5, 0.6) is 0 Å². The van der Waals surface area contributed by atoms with E-state index in [2.05, 4.69) is 15.9 Å². The number of hydrogen-bond donors (Lipinski definition) is 0. The van der Waals surface area contributed by atoms with Crippen molar-refractivity contribution in [3.8, 4) is 0 Å². The Morgan fingerprint density at radius 3 is 2.75 bits per heavy atom. The molecule has 0 saturated carbocycles.